The summed E-state index contributed by atoms with van der Waals surface area (Å²) in [6, 6.07) is 9.79. The Balaban J connectivity index is 1.56. The van der Waals surface area contributed by atoms with Gasteiger partial charge in [0.2, 0.25) is 10.0 Å². The van der Waals surface area contributed by atoms with E-state index >= 15 is 0 Å². The zero-order valence-corrected chi connectivity index (χ0v) is 16.1. The van der Waals surface area contributed by atoms with E-state index in [4.69, 9.17) is 4.98 Å². The molecule has 4 heterocycles. The molecule has 3 aromatic heterocycles. The number of benzene rings is 1. The lowest BCUT2D eigenvalue weighted by Crippen LogP contribution is -2.38. The number of sulfonamides is 1. The monoisotopic (exact) mass is 397 g/mol. The summed E-state index contributed by atoms with van der Waals surface area (Å²) in [5, 5.41) is 9.84. The normalized spacial score (nSPS) is 18.8. The average molecular weight is 397 g/mol. The highest BCUT2D eigenvalue weighted by molar-refractivity contribution is 7.88. The third-order valence-corrected chi connectivity index (χ3v) is 6.41. The Bertz CT molecular complexity index is 1260. The van der Waals surface area contributed by atoms with Crippen molar-refractivity contribution in [3.8, 4) is 5.69 Å². The average Bonchev–Trinajstić information content (AvgIpc) is 3.32. The molecule has 1 aliphatic rings. The quantitative estimate of drug-likeness (QED) is 0.521. The lowest BCUT2D eigenvalue weighted by atomic mass is 9.99. The first-order chi connectivity index (χ1) is 13.5. The number of hydrogen-bond donors (Lipinski definition) is 0. The van der Waals surface area contributed by atoms with Crippen LogP contribution >= 0.6 is 0 Å². The van der Waals surface area contributed by atoms with E-state index < -0.39 is 10.0 Å². The highest BCUT2D eigenvalue weighted by Gasteiger charge is 2.29. The molecule has 4 aromatic rings. The van der Waals surface area contributed by atoms with E-state index in [1.807, 2.05) is 30.3 Å². The highest BCUT2D eigenvalue weighted by atomic mass is 32.2. The van der Waals surface area contributed by atoms with Crippen molar-refractivity contribution in [3.63, 3.8) is 0 Å². The summed E-state index contributed by atoms with van der Waals surface area (Å²) in [6.45, 7) is 0.966. The van der Waals surface area contributed by atoms with Crippen LogP contribution in [0.5, 0.6) is 0 Å². The molecule has 0 radical (unpaired) electrons. The van der Waals surface area contributed by atoms with Crippen molar-refractivity contribution < 1.29 is 8.42 Å². The summed E-state index contributed by atoms with van der Waals surface area (Å²) >= 11 is 0. The van der Waals surface area contributed by atoms with Crippen LogP contribution in [0.25, 0.3) is 22.4 Å². The maximum absolute atomic E-state index is 11.9. The van der Waals surface area contributed by atoms with Crippen molar-refractivity contribution in [2.24, 2.45) is 0 Å². The molecule has 0 saturated carbocycles. The van der Waals surface area contributed by atoms with Gasteiger partial charge in [-0.25, -0.2) is 31.9 Å². The second kappa shape index (κ2) is 6.35. The number of fused-ring (bicyclic) bond motifs is 3. The molecule has 1 aromatic carbocycles. The minimum absolute atomic E-state index is 0.0254. The van der Waals surface area contributed by atoms with Gasteiger partial charge in [0.15, 0.2) is 17.1 Å². The number of hydrogen-bond acceptors (Lipinski definition) is 6. The van der Waals surface area contributed by atoms with Gasteiger partial charge in [-0.2, -0.15) is 5.10 Å². The molecule has 1 atom stereocenters. The molecular weight excluding hydrogens is 378 g/mol. The van der Waals surface area contributed by atoms with Crippen LogP contribution in [0.1, 0.15) is 24.6 Å². The second-order valence-electron chi connectivity index (χ2n) is 7.07. The van der Waals surface area contributed by atoms with Gasteiger partial charge >= 0.3 is 0 Å². The maximum Gasteiger partial charge on any atom is 0.211 e. The minimum atomic E-state index is -3.21. The Kier molecular flexibility index (Phi) is 3.91. The third kappa shape index (κ3) is 2.85. The Hall–Kier alpha value is -2.85. The molecule has 28 heavy (non-hydrogen) atoms. The van der Waals surface area contributed by atoms with Gasteiger partial charge in [-0.1, -0.05) is 18.2 Å². The van der Waals surface area contributed by atoms with Gasteiger partial charge in [-0.15, -0.1) is 5.10 Å². The molecule has 1 fully saturated rings. The fourth-order valence-electron chi connectivity index (χ4n) is 3.72. The van der Waals surface area contributed by atoms with Crippen LogP contribution in [0.3, 0.4) is 0 Å². The van der Waals surface area contributed by atoms with E-state index in [1.54, 1.807) is 21.7 Å². The fourth-order valence-corrected chi connectivity index (χ4v) is 4.63. The Morgan fingerprint density at radius 1 is 1.14 bits per heavy atom. The minimum Gasteiger partial charge on any atom is -0.216 e. The van der Waals surface area contributed by atoms with E-state index in [1.165, 1.54) is 10.6 Å². The standard InChI is InChI=1S/C18H19N7O2S/c1-28(26,27)23-9-5-6-13(11-23)16-21-18-15-10-20-25(14-7-3-2-4-8-14)17(15)19-12-24(18)22-16/h2-4,7-8,10,12-13H,5-6,9,11H2,1H3. The van der Waals surface area contributed by atoms with E-state index in [-0.39, 0.29) is 5.92 Å². The van der Waals surface area contributed by atoms with Crippen LogP contribution < -0.4 is 0 Å². The molecule has 0 spiro atoms. The topological polar surface area (TPSA) is 98.3 Å². The van der Waals surface area contributed by atoms with Crippen LogP contribution in [0.15, 0.2) is 42.9 Å². The Morgan fingerprint density at radius 3 is 2.75 bits per heavy atom. The first-order valence-electron chi connectivity index (χ1n) is 9.10. The molecule has 10 heteroatoms. The summed E-state index contributed by atoms with van der Waals surface area (Å²) in [5.41, 5.74) is 2.31. The number of para-hydroxylation sites is 1. The van der Waals surface area contributed by atoms with Gasteiger partial charge in [-0.3, -0.25) is 0 Å². The summed E-state index contributed by atoms with van der Waals surface area (Å²) in [6.07, 6.45) is 6.28. The summed E-state index contributed by atoms with van der Waals surface area (Å²) in [4.78, 5) is 9.24. The van der Waals surface area contributed by atoms with E-state index in [0.717, 1.165) is 23.9 Å². The predicted octanol–water partition coefficient (Wildman–Crippen LogP) is 1.60. The third-order valence-electron chi connectivity index (χ3n) is 5.14. The van der Waals surface area contributed by atoms with Crippen LogP contribution in [-0.4, -0.2) is 61.4 Å². The summed E-state index contributed by atoms with van der Waals surface area (Å²) in [5.74, 6) is 0.623. The van der Waals surface area contributed by atoms with Crippen LogP contribution in [0.2, 0.25) is 0 Å². The van der Waals surface area contributed by atoms with Crippen molar-refractivity contribution in [2.75, 3.05) is 19.3 Å². The summed E-state index contributed by atoms with van der Waals surface area (Å²) < 4.78 is 28.7. The second-order valence-corrected chi connectivity index (χ2v) is 9.05. The van der Waals surface area contributed by atoms with Gasteiger partial charge in [0, 0.05) is 19.0 Å². The molecule has 1 saturated heterocycles. The zero-order valence-electron chi connectivity index (χ0n) is 15.3. The number of piperidine rings is 1. The molecule has 9 nitrogen and oxygen atoms in total. The lowest BCUT2D eigenvalue weighted by molar-refractivity contribution is 0.311. The fraction of sp³-hybridized carbons (Fsp3) is 0.333. The van der Waals surface area contributed by atoms with Gasteiger partial charge < -0.3 is 0 Å². The van der Waals surface area contributed by atoms with Crippen LogP contribution in [0.4, 0.5) is 0 Å². The van der Waals surface area contributed by atoms with Gasteiger partial charge in [-0.05, 0) is 25.0 Å². The van der Waals surface area contributed by atoms with E-state index in [9.17, 15) is 8.42 Å². The molecule has 0 amide bonds. The van der Waals surface area contributed by atoms with Gasteiger partial charge in [0.1, 0.15) is 6.33 Å². The largest absolute Gasteiger partial charge is 0.216 e. The zero-order chi connectivity index (χ0) is 19.3. The predicted molar refractivity (Wildman–Crippen MR) is 104 cm³/mol. The number of aromatic nitrogens is 6. The molecule has 144 valence electrons. The molecular formula is C18H19N7O2S. The molecule has 5 rings (SSSR count). The lowest BCUT2D eigenvalue weighted by Gasteiger charge is -2.29. The SMILES string of the molecule is CS(=O)(=O)N1CCCC(c2nc3c4cnn(-c5ccccc5)c4ncn3n2)C1. The van der Waals surface area contributed by atoms with Crippen molar-refractivity contribution in [1.82, 2.24) is 33.7 Å². The van der Waals surface area contributed by atoms with Crippen molar-refractivity contribution in [2.45, 2.75) is 18.8 Å². The van der Waals surface area contributed by atoms with E-state index in [0.29, 0.717) is 30.2 Å². The molecule has 0 bridgehead atoms. The molecule has 1 aliphatic heterocycles. The van der Waals surface area contributed by atoms with Crippen molar-refractivity contribution in [1.29, 1.82) is 0 Å². The Labute approximate surface area is 161 Å². The first kappa shape index (κ1) is 17.3. The number of rotatable bonds is 3. The molecule has 0 N–H and O–H groups in total. The van der Waals surface area contributed by atoms with Gasteiger partial charge in [0.25, 0.3) is 0 Å². The first-order valence-corrected chi connectivity index (χ1v) is 10.9. The van der Waals surface area contributed by atoms with Crippen LogP contribution in [-0.2, 0) is 10.0 Å². The number of nitrogens with zero attached hydrogens (tertiary/aromatic N) is 7. The maximum atomic E-state index is 11.9. The van der Waals surface area contributed by atoms with Crippen molar-refractivity contribution in [3.05, 3.63) is 48.7 Å². The van der Waals surface area contributed by atoms with Crippen molar-refractivity contribution >= 4 is 26.7 Å². The van der Waals surface area contributed by atoms with E-state index in [2.05, 4.69) is 15.2 Å². The van der Waals surface area contributed by atoms with Gasteiger partial charge in [0.05, 0.1) is 23.5 Å². The summed E-state index contributed by atoms with van der Waals surface area (Å²) in [7, 11) is -3.21. The molecule has 0 aliphatic carbocycles. The molecule has 1 unspecified atom stereocenters. The smallest absolute Gasteiger partial charge is 0.211 e. The highest BCUT2D eigenvalue weighted by Crippen LogP contribution is 2.27. The Morgan fingerprint density at radius 2 is 1.96 bits per heavy atom. The van der Waals surface area contributed by atoms with Crippen LogP contribution in [0, 0.1) is 0 Å².